The Labute approximate surface area is 73.6 Å². The van der Waals surface area contributed by atoms with E-state index in [2.05, 4.69) is 15.2 Å². The summed E-state index contributed by atoms with van der Waals surface area (Å²) in [4.78, 5) is 4.07. The lowest BCUT2D eigenvalue weighted by Crippen LogP contribution is -2.04. The summed E-state index contributed by atoms with van der Waals surface area (Å²) < 4.78 is 12.7. The molecular formula is C8H7FN4. The van der Waals surface area contributed by atoms with Crippen LogP contribution in [-0.2, 0) is 6.54 Å². The van der Waals surface area contributed by atoms with Gasteiger partial charge >= 0.3 is 0 Å². The van der Waals surface area contributed by atoms with E-state index in [9.17, 15) is 4.39 Å². The highest BCUT2D eigenvalue weighted by molar-refractivity contribution is 5.73. The van der Waals surface area contributed by atoms with Crippen molar-refractivity contribution in [3.8, 4) is 0 Å². The number of hydrogen-bond donors (Lipinski definition) is 1. The minimum atomic E-state index is -0.343. The standard InChI is InChI=1S/C8H7FN4/c9-5-1-2-6-7(3-5)12-13-8(4-10)11-6/h1-3H,4,10H2. The van der Waals surface area contributed by atoms with Gasteiger partial charge in [0.15, 0.2) is 5.82 Å². The van der Waals surface area contributed by atoms with Crippen molar-refractivity contribution < 1.29 is 4.39 Å². The summed E-state index contributed by atoms with van der Waals surface area (Å²) in [7, 11) is 0. The maximum absolute atomic E-state index is 12.7. The Balaban J connectivity index is 2.66. The van der Waals surface area contributed by atoms with Gasteiger partial charge in [0.2, 0.25) is 0 Å². The van der Waals surface area contributed by atoms with Crippen molar-refractivity contribution >= 4 is 11.0 Å². The van der Waals surface area contributed by atoms with Crippen LogP contribution in [0.25, 0.3) is 11.0 Å². The van der Waals surface area contributed by atoms with Gasteiger partial charge in [0.25, 0.3) is 0 Å². The van der Waals surface area contributed by atoms with Crippen LogP contribution in [0.3, 0.4) is 0 Å². The summed E-state index contributed by atoms with van der Waals surface area (Å²) in [6, 6.07) is 4.17. The van der Waals surface area contributed by atoms with E-state index in [0.717, 1.165) is 0 Å². The largest absolute Gasteiger partial charge is 0.324 e. The third-order valence-electron chi connectivity index (χ3n) is 1.64. The van der Waals surface area contributed by atoms with Crippen molar-refractivity contribution in [2.75, 3.05) is 0 Å². The Morgan fingerprint density at radius 2 is 2.08 bits per heavy atom. The summed E-state index contributed by atoms with van der Waals surface area (Å²) in [5, 5.41) is 7.49. The molecule has 0 saturated heterocycles. The maximum Gasteiger partial charge on any atom is 0.165 e. The Hall–Kier alpha value is -1.62. The first kappa shape index (κ1) is 8.00. The topological polar surface area (TPSA) is 64.7 Å². The molecule has 0 aliphatic carbocycles. The molecule has 0 amide bonds. The van der Waals surface area contributed by atoms with Gasteiger partial charge in [-0.2, -0.15) is 0 Å². The molecule has 0 atom stereocenters. The lowest BCUT2D eigenvalue weighted by molar-refractivity contribution is 0.628. The minimum absolute atomic E-state index is 0.236. The molecule has 1 aromatic heterocycles. The molecule has 0 fully saturated rings. The normalized spacial score (nSPS) is 10.6. The lowest BCUT2D eigenvalue weighted by atomic mass is 10.3. The molecule has 4 nitrogen and oxygen atoms in total. The average molecular weight is 178 g/mol. The number of benzene rings is 1. The van der Waals surface area contributed by atoms with Crippen molar-refractivity contribution in [1.82, 2.24) is 15.2 Å². The number of rotatable bonds is 1. The van der Waals surface area contributed by atoms with Gasteiger partial charge in [0.1, 0.15) is 11.3 Å². The molecule has 2 N–H and O–H groups in total. The highest BCUT2D eigenvalue weighted by atomic mass is 19.1. The molecule has 5 heteroatoms. The van der Waals surface area contributed by atoms with Gasteiger partial charge in [0.05, 0.1) is 12.1 Å². The van der Waals surface area contributed by atoms with Gasteiger partial charge in [-0.25, -0.2) is 9.37 Å². The molecule has 0 radical (unpaired) electrons. The fourth-order valence-corrected chi connectivity index (χ4v) is 1.03. The monoisotopic (exact) mass is 178 g/mol. The number of aromatic nitrogens is 3. The van der Waals surface area contributed by atoms with E-state index in [1.807, 2.05) is 0 Å². The van der Waals surface area contributed by atoms with Crippen LogP contribution in [0.2, 0.25) is 0 Å². The molecule has 0 spiro atoms. The van der Waals surface area contributed by atoms with Crippen LogP contribution in [0.4, 0.5) is 4.39 Å². The summed E-state index contributed by atoms with van der Waals surface area (Å²) in [5.41, 5.74) is 6.38. The molecule has 66 valence electrons. The van der Waals surface area contributed by atoms with Crippen LogP contribution in [-0.4, -0.2) is 15.2 Å². The van der Waals surface area contributed by atoms with Crippen molar-refractivity contribution in [2.45, 2.75) is 6.54 Å². The van der Waals surface area contributed by atoms with E-state index in [-0.39, 0.29) is 12.4 Å². The van der Waals surface area contributed by atoms with E-state index >= 15 is 0 Å². The minimum Gasteiger partial charge on any atom is -0.324 e. The summed E-state index contributed by atoms with van der Waals surface area (Å²) in [5.74, 6) is 0.114. The van der Waals surface area contributed by atoms with Gasteiger partial charge in [-0.3, -0.25) is 0 Å². The van der Waals surface area contributed by atoms with Gasteiger partial charge in [-0.1, -0.05) is 0 Å². The SMILES string of the molecule is NCc1nnc2cc(F)ccc2n1. The van der Waals surface area contributed by atoms with Crippen LogP contribution in [0.1, 0.15) is 5.82 Å². The van der Waals surface area contributed by atoms with Crippen molar-refractivity contribution in [2.24, 2.45) is 5.73 Å². The number of fused-ring (bicyclic) bond motifs is 1. The molecule has 0 bridgehead atoms. The summed E-state index contributed by atoms with van der Waals surface area (Å²) >= 11 is 0. The Morgan fingerprint density at radius 1 is 1.23 bits per heavy atom. The van der Waals surface area contributed by atoms with Crippen LogP contribution >= 0.6 is 0 Å². The first-order valence-corrected chi connectivity index (χ1v) is 3.78. The van der Waals surface area contributed by atoms with Crippen LogP contribution in [0.5, 0.6) is 0 Å². The zero-order valence-electron chi connectivity index (χ0n) is 6.74. The van der Waals surface area contributed by atoms with Gasteiger partial charge in [-0.05, 0) is 12.1 Å². The Kier molecular flexibility index (Phi) is 1.86. The molecule has 0 unspecified atom stereocenters. The molecule has 0 aliphatic rings. The van der Waals surface area contributed by atoms with Gasteiger partial charge in [0, 0.05) is 6.07 Å². The van der Waals surface area contributed by atoms with Crippen LogP contribution < -0.4 is 5.73 Å². The predicted molar refractivity (Wildman–Crippen MR) is 45.2 cm³/mol. The first-order valence-electron chi connectivity index (χ1n) is 3.78. The molecule has 0 saturated carbocycles. The zero-order valence-corrected chi connectivity index (χ0v) is 6.74. The third-order valence-corrected chi connectivity index (χ3v) is 1.64. The number of hydrogen-bond acceptors (Lipinski definition) is 4. The van der Waals surface area contributed by atoms with E-state index in [1.54, 1.807) is 6.07 Å². The van der Waals surface area contributed by atoms with Crippen LogP contribution in [0, 0.1) is 5.82 Å². The summed E-state index contributed by atoms with van der Waals surface area (Å²) in [6.07, 6.45) is 0. The van der Waals surface area contributed by atoms with Gasteiger partial charge in [-0.15, -0.1) is 10.2 Å². The maximum atomic E-state index is 12.7. The molecule has 0 aliphatic heterocycles. The molecule has 13 heavy (non-hydrogen) atoms. The van der Waals surface area contributed by atoms with Crippen molar-refractivity contribution in [1.29, 1.82) is 0 Å². The van der Waals surface area contributed by atoms with E-state index in [0.29, 0.717) is 16.9 Å². The molecule has 2 aromatic rings. The first-order chi connectivity index (χ1) is 6.29. The third kappa shape index (κ3) is 1.46. The quantitative estimate of drug-likeness (QED) is 0.695. The summed E-state index contributed by atoms with van der Waals surface area (Å²) in [6.45, 7) is 0.236. The number of nitrogens with zero attached hydrogens (tertiary/aromatic N) is 3. The second-order valence-corrected chi connectivity index (χ2v) is 2.57. The Morgan fingerprint density at radius 3 is 2.85 bits per heavy atom. The number of nitrogens with two attached hydrogens (primary N) is 1. The lowest BCUT2D eigenvalue weighted by Gasteiger charge is -1.97. The molecule has 1 aromatic carbocycles. The molecular weight excluding hydrogens is 171 g/mol. The average Bonchev–Trinajstić information content (AvgIpc) is 2.17. The highest BCUT2D eigenvalue weighted by Gasteiger charge is 2.00. The smallest absolute Gasteiger partial charge is 0.165 e. The van der Waals surface area contributed by atoms with E-state index < -0.39 is 0 Å². The molecule has 2 rings (SSSR count). The fraction of sp³-hybridized carbons (Fsp3) is 0.125. The zero-order chi connectivity index (χ0) is 9.26. The van der Waals surface area contributed by atoms with E-state index in [4.69, 9.17) is 5.73 Å². The van der Waals surface area contributed by atoms with Crippen LogP contribution in [0.15, 0.2) is 18.2 Å². The van der Waals surface area contributed by atoms with Crippen molar-refractivity contribution in [3.63, 3.8) is 0 Å². The second-order valence-electron chi connectivity index (χ2n) is 2.57. The van der Waals surface area contributed by atoms with E-state index in [1.165, 1.54) is 12.1 Å². The van der Waals surface area contributed by atoms with Gasteiger partial charge < -0.3 is 5.73 Å². The second kappa shape index (κ2) is 3.02. The molecule has 1 heterocycles. The number of halogens is 1. The Bertz CT molecular complexity index is 443. The van der Waals surface area contributed by atoms with Crippen molar-refractivity contribution in [3.05, 3.63) is 29.8 Å². The highest BCUT2D eigenvalue weighted by Crippen LogP contribution is 2.09. The fourth-order valence-electron chi connectivity index (χ4n) is 1.03. The predicted octanol–water partition coefficient (Wildman–Crippen LogP) is 0.623.